The van der Waals surface area contributed by atoms with Gasteiger partial charge in [-0.1, -0.05) is 12.3 Å². The Morgan fingerprint density at radius 1 is 1.48 bits per heavy atom. The van der Waals surface area contributed by atoms with Gasteiger partial charge < -0.3 is 10.2 Å². The van der Waals surface area contributed by atoms with Crippen LogP contribution in [0.2, 0.25) is 0 Å². The van der Waals surface area contributed by atoms with Crippen LogP contribution >= 0.6 is 15.9 Å². The van der Waals surface area contributed by atoms with Gasteiger partial charge in [0, 0.05) is 12.6 Å². The van der Waals surface area contributed by atoms with E-state index in [9.17, 15) is 4.79 Å². The second-order valence-corrected chi connectivity index (χ2v) is 6.24. The summed E-state index contributed by atoms with van der Waals surface area (Å²) < 4.78 is 1.75. The van der Waals surface area contributed by atoms with Gasteiger partial charge in [-0.3, -0.25) is 4.79 Å². The summed E-state index contributed by atoms with van der Waals surface area (Å²) in [5, 5.41) is 7.44. The lowest BCUT2D eigenvalue weighted by molar-refractivity contribution is 0.223. The summed E-state index contributed by atoms with van der Waals surface area (Å²) in [6.07, 6.45) is 10.8. The first-order valence-corrected chi connectivity index (χ1v) is 8.09. The van der Waals surface area contributed by atoms with Gasteiger partial charge in [0.1, 0.15) is 11.0 Å². The number of hydrogen-bond acceptors (Lipinski definition) is 4. The lowest BCUT2D eigenvalue weighted by Gasteiger charge is -2.29. The summed E-state index contributed by atoms with van der Waals surface area (Å²) >= 11 is 3.34. The molecule has 0 aliphatic carbocycles. The predicted molar refractivity (Wildman–Crippen MR) is 88.4 cm³/mol. The molecule has 21 heavy (non-hydrogen) atoms. The first-order chi connectivity index (χ1) is 10.1. The molecule has 0 bridgehead atoms. The number of likely N-dealkylation sites (tertiary alicyclic amines) is 1. The Kier molecular flexibility index (Phi) is 5.83. The molecule has 0 aromatic carbocycles. The molecule has 0 amide bonds. The summed E-state index contributed by atoms with van der Waals surface area (Å²) in [5.41, 5.74) is 0.515. The quantitative estimate of drug-likeness (QED) is 0.822. The predicted octanol–water partition coefficient (Wildman–Crippen LogP) is 1.93. The minimum absolute atomic E-state index is 0.182. The molecule has 1 saturated heterocycles. The maximum atomic E-state index is 12.1. The molecule has 5 nitrogen and oxygen atoms in total. The minimum atomic E-state index is -0.205. The fourth-order valence-electron chi connectivity index (χ4n) is 2.61. The standard InChI is InChI=1S/C15H21BrN4O/c1-3-7-20-15(21)14(16)13(10-17-20)18-12(2)11-19-8-5-4-6-9-19/h1,10,12,18H,4-9,11H2,2H3. The van der Waals surface area contributed by atoms with Crippen LogP contribution in [0.4, 0.5) is 5.69 Å². The van der Waals surface area contributed by atoms with E-state index in [2.05, 4.69) is 44.1 Å². The van der Waals surface area contributed by atoms with Crippen LogP contribution in [0.5, 0.6) is 0 Å². The second kappa shape index (κ2) is 7.62. The summed E-state index contributed by atoms with van der Waals surface area (Å²) in [6, 6.07) is 0.254. The van der Waals surface area contributed by atoms with E-state index in [0.29, 0.717) is 4.47 Å². The van der Waals surface area contributed by atoms with E-state index >= 15 is 0 Å². The molecule has 1 unspecified atom stereocenters. The molecule has 1 aromatic heterocycles. The molecule has 1 atom stereocenters. The molecule has 0 spiro atoms. The Morgan fingerprint density at radius 3 is 2.86 bits per heavy atom. The zero-order valence-electron chi connectivity index (χ0n) is 12.3. The molecular weight excluding hydrogens is 332 g/mol. The van der Waals surface area contributed by atoms with Gasteiger partial charge in [-0.25, -0.2) is 4.68 Å². The smallest absolute Gasteiger partial charge is 0.284 e. The minimum Gasteiger partial charge on any atom is -0.379 e. The third kappa shape index (κ3) is 4.32. The molecule has 2 heterocycles. The van der Waals surface area contributed by atoms with Crippen molar-refractivity contribution in [3.63, 3.8) is 0 Å². The van der Waals surface area contributed by atoms with Crippen molar-refractivity contribution < 1.29 is 0 Å². The van der Waals surface area contributed by atoms with Gasteiger partial charge in [-0.15, -0.1) is 6.42 Å². The van der Waals surface area contributed by atoms with Crippen LogP contribution in [0.15, 0.2) is 15.5 Å². The van der Waals surface area contributed by atoms with E-state index in [1.54, 1.807) is 6.20 Å². The van der Waals surface area contributed by atoms with E-state index in [-0.39, 0.29) is 18.1 Å². The van der Waals surface area contributed by atoms with Crippen LogP contribution in [0.1, 0.15) is 26.2 Å². The molecule has 6 heteroatoms. The molecule has 1 fully saturated rings. The van der Waals surface area contributed by atoms with Crippen molar-refractivity contribution in [1.82, 2.24) is 14.7 Å². The van der Waals surface area contributed by atoms with E-state index in [1.807, 2.05) is 0 Å². The van der Waals surface area contributed by atoms with E-state index in [0.717, 1.165) is 25.3 Å². The molecule has 0 saturated carbocycles. The largest absolute Gasteiger partial charge is 0.379 e. The number of halogens is 1. The highest BCUT2D eigenvalue weighted by atomic mass is 79.9. The zero-order valence-corrected chi connectivity index (χ0v) is 13.9. The van der Waals surface area contributed by atoms with Gasteiger partial charge in [-0.2, -0.15) is 5.10 Å². The van der Waals surface area contributed by atoms with Crippen LogP contribution in [0, 0.1) is 12.3 Å². The van der Waals surface area contributed by atoms with Crippen LogP contribution in [-0.2, 0) is 6.54 Å². The van der Waals surface area contributed by atoms with Gasteiger partial charge in [0.15, 0.2) is 0 Å². The Morgan fingerprint density at radius 2 is 2.19 bits per heavy atom. The summed E-state index contributed by atoms with van der Waals surface area (Å²) in [5.74, 6) is 2.42. The SMILES string of the molecule is C#CCn1ncc(NC(C)CN2CCCCC2)c(Br)c1=O. The average molecular weight is 353 g/mol. The van der Waals surface area contributed by atoms with Crippen molar-refractivity contribution in [2.45, 2.75) is 38.8 Å². The number of nitrogens with one attached hydrogen (secondary N) is 1. The molecule has 1 aromatic rings. The molecular formula is C15H21BrN4O. The molecule has 114 valence electrons. The Balaban J connectivity index is 2.00. The van der Waals surface area contributed by atoms with Crippen LogP contribution in [0.3, 0.4) is 0 Å². The highest BCUT2D eigenvalue weighted by Gasteiger charge is 2.15. The van der Waals surface area contributed by atoms with E-state index < -0.39 is 0 Å². The zero-order chi connectivity index (χ0) is 15.2. The van der Waals surface area contributed by atoms with Crippen LogP contribution in [-0.4, -0.2) is 40.4 Å². The Hall–Kier alpha value is -1.32. The topological polar surface area (TPSA) is 50.2 Å². The van der Waals surface area contributed by atoms with Crippen molar-refractivity contribution in [2.24, 2.45) is 0 Å². The van der Waals surface area contributed by atoms with Crippen molar-refractivity contribution >= 4 is 21.6 Å². The molecule has 0 radical (unpaired) electrons. The molecule has 2 rings (SSSR count). The summed E-state index contributed by atoms with van der Waals surface area (Å²) in [6.45, 7) is 5.60. The molecule has 1 aliphatic rings. The monoisotopic (exact) mass is 352 g/mol. The van der Waals surface area contributed by atoms with Crippen molar-refractivity contribution in [1.29, 1.82) is 0 Å². The third-order valence-electron chi connectivity index (χ3n) is 3.61. The van der Waals surface area contributed by atoms with Crippen LogP contribution < -0.4 is 10.9 Å². The van der Waals surface area contributed by atoms with Crippen LogP contribution in [0.25, 0.3) is 0 Å². The van der Waals surface area contributed by atoms with Crippen molar-refractivity contribution in [2.75, 3.05) is 25.0 Å². The summed E-state index contributed by atoms with van der Waals surface area (Å²) in [7, 11) is 0. The van der Waals surface area contributed by atoms with Crippen molar-refractivity contribution in [3.05, 3.63) is 21.0 Å². The lowest BCUT2D eigenvalue weighted by Crippen LogP contribution is -2.38. The fourth-order valence-corrected chi connectivity index (χ4v) is 3.03. The first-order valence-electron chi connectivity index (χ1n) is 7.30. The molecule has 1 aliphatic heterocycles. The Labute approximate surface area is 133 Å². The van der Waals surface area contributed by atoms with E-state index in [1.165, 1.54) is 23.9 Å². The lowest BCUT2D eigenvalue weighted by atomic mass is 10.1. The van der Waals surface area contributed by atoms with Gasteiger partial charge in [0.2, 0.25) is 0 Å². The number of nitrogens with zero attached hydrogens (tertiary/aromatic N) is 3. The summed E-state index contributed by atoms with van der Waals surface area (Å²) in [4.78, 5) is 14.5. The van der Waals surface area contributed by atoms with Gasteiger partial charge >= 0.3 is 0 Å². The number of rotatable bonds is 5. The maximum absolute atomic E-state index is 12.1. The highest BCUT2D eigenvalue weighted by Crippen LogP contribution is 2.18. The normalized spacial score (nSPS) is 17.2. The van der Waals surface area contributed by atoms with E-state index in [4.69, 9.17) is 6.42 Å². The third-order valence-corrected chi connectivity index (χ3v) is 4.37. The number of piperidine rings is 1. The highest BCUT2D eigenvalue weighted by molar-refractivity contribution is 9.10. The van der Waals surface area contributed by atoms with Gasteiger partial charge in [0.25, 0.3) is 5.56 Å². The average Bonchev–Trinajstić information content (AvgIpc) is 2.48. The number of anilines is 1. The first kappa shape index (κ1) is 16.1. The maximum Gasteiger partial charge on any atom is 0.284 e. The van der Waals surface area contributed by atoms with Gasteiger partial charge in [0.05, 0.1) is 11.9 Å². The Bertz CT molecular complexity index is 572. The number of hydrogen-bond donors (Lipinski definition) is 1. The number of terminal acetylenes is 1. The van der Waals surface area contributed by atoms with Gasteiger partial charge in [-0.05, 0) is 48.8 Å². The number of aromatic nitrogens is 2. The van der Waals surface area contributed by atoms with Crippen molar-refractivity contribution in [3.8, 4) is 12.3 Å². The fraction of sp³-hybridized carbons (Fsp3) is 0.600. The molecule has 1 N–H and O–H groups in total. The second-order valence-electron chi connectivity index (χ2n) is 5.45.